The predicted molar refractivity (Wildman–Crippen MR) is 78.2 cm³/mol. The third-order valence-electron chi connectivity index (χ3n) is 3.53. The molecule has 0 unspecified atom stereocenters. The molecule has 94 valence electrons. The molecule has 0 radical (unpaired) electrons. The van der Waals surface area contributed by atoms with Crippen molar-refractivity contribution in [3.8, 4) is 0 Å². The number of benzene rings is 1. The summed E-state index contributed by atoms with van der Waals surface area (Å²) in [6.45, 7) is 4.46. The Morgan fingerprint density at radius 2 is 2.00 bits per heavy atom. The molecule has 0 aromatic heterocycles. The number of halogens is 1. The molecule has 0 amide bonds. The number of rotatable bonds is 6. The number of nitrogens with one attached hydrogen (secondary N) is 1. The highest BCUT2D eigenvalue weighted by Gasteiger charge is 2.37. The van der Waals surface area contributed by atoms with Crippen molar-refractivity contribution < 1.29 is 0 Å². The zero-order valence-corrected chi connectivity index (χ0v) is 11.9. The molecule has 0 atom stereocenters. The van der Waals surface area contributed by atoms with Gasteiger partial charge < -0.3 is 5.32 Å². The van der Waals surface area contributed by atoms with Gasteiger partial charge >= 0.3 is 0 Å². The average Bonchev–Trinajstić information content (AvgIpc) is 2.29. The third kappa shape index (κ3) is 3.18. The molecule has 1 nitrogen and oxygen atoms in total. The topological polar surface area (TPSA) is 12.0 Å². The molecule has 0 aliphatic carbocycles. The van der Waals surface area contributed by atoms with Gasteiger partial charge in [0.15, 0.2) is 0 Å². The molecule has 1 aliphatic rings. The van der Waals surface area contributed by atoms with Crippen LogP contribution in [0.25, 0.3) is 0 Å². The summed E-state index contributed by atoms with van der Waals surface area (Å²) in [5.41, 5.74) is 1.82. The van der Waals surface area contributed by atoms with Gasteiger partial charge in [0.2, 0.25) is 0 Å². The van der Waals surface area contributed by atoms with Crippen molar-refractivity contribution in [1.29, 1.82) is 0 Å². The van der Waals surface area contributed by atoms with Crippen LogP contribution in [0.2, 0.25) is 5.02 Å². The van der Waals surface area contributed by atoms with E-state index in [0.29, 0.717) is 5.41 Å². The molecule has 1 aromatic rings. The molecule has 0 bridgehead atoms. The first-order valence-corrected chi connectivity index (χ1v) is 7.85. The van der Waals surface area contributed by atoms with Crippen LogP contribution in [0.5, 0.6) is 0 Å². The Labute approximate surface area is 113 Å². The summed E-state index contributed by atoms with van der Waals surface area (Å²) in [6, 6.07) is 8.40. The Hall–Kier alpha value is -0.180. The molecular formula is C14H20ClNS. The summed E-state index contributed by atoms with van der Waals surface area (Å²) < 4.78 is 0. The fourth-order valence-corrected chi connectivity index (χ4v) is 3.18. The lowest BCUT2D eigenvalue weighted by Crippen LogP contribution is -2.56. The number of hydrogen-bond acceptors (Lipinski definition) is 2. The van der Waals surface area contributed by atoms with E-state index in [-0.39, 0.29) is 0 Å². The molecule has 1 saturated heterocycles. The summed E-state index contributed by atoms with van der Waals surface area (Å²) in [6.07, 6.45) is 2.59. The van der Waals surface area contributed by atoms with E-state index >= 15 is 0 Å². The van der Waals surface area contributed by atoms with Crippen LogP contribution >= 0.6 is 23.4 Å². The lowest BCUT2D eigenvalue weighted by Gasteiger charge is -2.43. The maximum Gasteiger partial charge on any atom is 0.0406 e. The van der Waals surface area contributed by atoms with Crippen LogP contribution in [-0.4, -0.2) is 24.6 Å². The first kappa shape index (κ1) is 13.3. The highest BCUT2D eigenvalue weighted by molar-refractivity contribution is 7.99. The van der Waals surface area contributed by atoms with Crippen LogP contribution in [0.4, 0.5) is 0 Å². The Morgan fingerprint density at radius 1 is 1.29 bits per heavy atom. The van der Waals surface area contributed by atoms with E-state index < -0.39 is 0 Å². The van der Waals surface area contributed by atoms with Crippen LogP contribution in [0.1, 0.15) is 25.3 Å². The minimum absolute atomic E-state index is 0.374. The summed E-state index contributed by atoms with van der Waals surface area (Å²) in [5, 5.41) is 4.25. The molecule has 1 aliphatic heterocycles. The maximum absolute atomic E-state index is 5.95. The molecule has 0 saturated carbocycles. The van der Waals surface area contributed by atoms with E-state index in [4.69, 9.17) is 11.6 Å². The second-order valence-corrected chi connectivity index (χ2v) is 6.52. The third-order valence-corrected chi connectivity index (χ3v) is 4.77. The van der Waals surface area contributed by atoms with Crippen LogP contribution in [-0.2, 0) is 5.41 Å². The molecule has 1 N–H and O–H groups in total. The van der Waals surface area contributed by atoms with Gasteiger partial charge in [-0.1, -0.05) is 30.7 Å². The minimum atomic E-state index is 0.374. The molecule has 0 spiro atoms. The fraction of sp³-hybridized carbons (Fsp3) is 0.571. The highest BCUT2D eigenvalue weighted by Crippen LogP contribution is 2.34. The van der Waals surface area contributed by atoms with Crippen molar-refractivity contribution >= 4 is 23.4 Å². The van der Waals surface area contributed by atoms with E-state index in [2.05, 4.69) is 24.4 Å². The van der Waals surface area contributed by atoms with Crippen molar-refractivity contribution in [1.82, 2.24) is 5.32 Å². The molecule has 1 fully saturated rings. The van der Waals surface area contributed by atoms with Gasteiger partial charge in [-0.05, 0) is 42.0 Å². The SMILES string of the molecule is CCSCCCC1(c2ccc(Cl)cc2)CNC1. The van der Waals surface area contributed by atoms with Crippen LogP contribution in [0, 0.1) is 0 Å². The Bertz CT molecular complexity index is 346. The van der Waals surface area contributed by atoms with Crippen molar-refractivity contribution in [2.24, 2.45) is 0 Å². The fourth-order valence-electron chi connectivity index (χ4n) is 2.41. The maximum atomic E-state index is 5.95. The first-order chi connectivity index (χ1) is 8.27. The molecule has 1 heterocycles. The summed E-state index contributed by atoms with van der Waals surface area (Å²) >= 11 is 7.99. The molecule has 17 heavy (non-hydrogen) atoms. The van der Waals surface area contributed by atoms with Crippen molar-refractivity contribution in [3.63, 3.8) is 0 Å². The van der Waals surface area contributed by atoms with Crippen LogP contribution in [0.15, 0.2) is 24.3 Å². The molecule has 1 aromatic carbocycles. The summed E-state index contributed by atoms with van der Waals surface area (Å²) in [7, 11) is 0. The summed E-state index contributed by atoms with van der Waals surface area (Å²) in [4.78, 5) is 0. The van der Waals surface area contributed by atoms with Gasteiger partial charge in [0.05, 0.1) is 0 Å². The van der Waals surface area contributed by atoms with Gasteiger partial charge in [-0.15, -0.1) is 0 Å². The zero-order chi connectivity index (χ0) is 12.1. The quantitative estimate of drug-likeness (QED) is 0.790. The van der Waals surface area contributed by atoms with Gasteiger partial charge in [0.25, 0.3) is 0 Å². The summed E-state index contributed by atoms with van der Waals surface area (Å²) in [5.74, 6) is 2.51. The van der Waals surface area contributed by atoms with Crippen molar-refractivity contribution in [2.45, 2.75) is 25.2 Å². The predicted octanol–water partition coefficient (Wildman–Crippen LogP) is 3.71. The van der Waals surface area contributed by atoms with E-state index in [0.717, 1.165) is 18.1 Å². The van der Waals surface area contributed by atoms with E-state index in [1.807, 2.05) is 23.9 Å². The van der Waals surface area contributed by atoms with Crippen molar-refractivity contribution in [2.75, 3.05) is 24.6 Å². The standard InChI is InChI=1S/C14H20ClNS/c1-2-17-9-3-8-14(10-16-11-14)12-4-6-13(15)7-5-12/h4-7,16H,2-3,8-11H2,1H3. The Balaban J connectivity index is 1.96. The van der Waals surface area contributed by atoms with Gasteiger partial charge in [-0.2, -0.15) is 11.8 Å². The van der Waals surface area contributed by atoms with E-state index in [1.165, 1.54) is 29.9 Å². The monoisotopic (exact) mass is 269 g/mol. The van der Waals surface area contributed by atoms with Gasteiger partial charge in [-0.25, -0.2) is 0 Å². The van der Waals surface area contributed by atoms with E-state index in [1.54, 1.807) is 0 Å². The Morgan fingerprint density at radius 3 is 2.53 bits per heavy atom. The molecular weight excluding hydrogens is 250 g/mol. The number of thioether (sulfide) groups is 1. The van der Waals surface area contributed by atoms with Crippen LogP contribution < -0.4 is 5.32 Å². The lowest BCUT2D eigenvalue weighted by atomic mass is 9.72. The zero-order valence-electron chi connectivity index (χ0n) is 10.3. The average molecular weight is 270 g/mol. The van der Waals surface area contributed by atoms with Gasteiger partial charge in [0, 0.05) is 23.5 Å². The molecule has 3 heteroatoms. The largest absolute Gasteiger partial charge is 0.315 e. The smallest absolute Gasteiger partial charge is 0.0406 e. The second kappa shape index (κ2) is 6.12. The first-order valence-electron chi connectivity index (χ1n) is 6.31. The van der Waals surface area contributed by atoms with E-state index in [9.17, 15) is 0 Å². The number of hydrogen-bond donors (Lipinski definition) is 1. The normalized spacial score (nSPS) is 17.8. The van der Waals surface area contributed by atoms with Crippen LogP contribution in [0.3, 0.4) is 0 Å². The minimum Gasteiger partial charge on any atom is -0.315 e. The highest BCUT2D eigenvalue weighted by atomic mass is 35.5. The van der Waals surface area contributed by atoms with Gasteiger partial charge in [0.1, 0.15) is 0 Å². The second-order valence-electron chi connectivity index (χ2n) is 4.69. The lowest BCUT2D eigenvalue weighted by molar-refractivity contribution is 0.256. The van der Waals surface area contributed by atoms with Crippen molar-refractivity contribution in [3.05, 3.63) is 34.9 Å². The molecule has 2 rings (SSSR count). The Kier molecular flexibility index (Phi) is 4.78. The van der Waals surface area contributed by atoms with Gasteiger partial charge in [-0.3, -0.25) is 0 Å².